The molecule has 0 aliphatic carbocycles. The molecule has 3 nitrogen and oxygen atoms in total. The average Bonchev–Trinajstić information content (AvgIpc) is 3.15. The third-order valence-corrected chi connectivity index (χ3v) is 7.52. The predicted octanol–water partition coefficient (Wildman–Crippen LogP) is 5.27. The topological polar surface area (TPSA) is 26.0 Å². The fourth-order valence-corrected chi connectivity index (χ4v) is 5.30. The van der Waals surface area contributed by atoms with E-state index in [2.05, 4.69) is 4.98 Å². The van der Waals surface area contributed by atoms with Crippen LogP contribution in [0.2, 0.25) is 0 Å². The monoisotopic (exact) mass is 790 g/mol. The highest BCUT2D eigenvalue weighted by molar-refractivity contribution is 7.20. The number of aromatic nitrogens is 2. The van der Waals surface area contributed by atoms with E-state index < -0.39 is 144 Å². The Kier molecular flexibility index (Phi) is 11.0. The van der Waals surface area contributed by atoms with Crippen LogP contribution in [0.25, 0.3) is 0 Å². The van der Waals surface area contributed by atoms with Crippen molar-refractivity contribution < 1.29 is 97.4 Å². The fourth-order valence-electron chi connectivity index (χ4n) is 5.30. The summed E-state index contributed by atoms with van der Waals surface area (Å²) in [5.74, 6) is -71.4. The molecule has 4 aromatic carbocycles. The van der Waals surface area contributed by atoms with Gasteiger partial charge in [-0.2, -0.15) is 0 Å². The van der Waals surface area contributed by atoms with Crippen LogP contribution in [-0.4, -0.2) is 18.2 Å². The van der Waals surface area contributed by atoms with Gasteiger partial charge in [-0.3, -0.25) is 9.82 Å². The van der Waals surface area contributed by atoms with Gasteiger partial charge in [-0.25, -0.2) is 87.8 Å². The van der Waals surface area contributed by atoms with Gasteiger partial charge >= 0.3 is 0 Å². The van der Waals surface area contributed by atoms with Crippen molar-refractivity contribution >= 4 is 28.0 Å². The lowest BCUT2D eigenvalue weighted by molar-refractivity contribution is -0.885. The number of nitrogens with zero attached hydrogens (tertiary/aromatic N) is 2. The summed E-state index contributed by atoms with van der Waals surface area (Å²) in [6.07, 6.45) is -0.460. The molecule has 0 saturated heterocycles. The first-order valence-electron chi connectivity index (χ1n) is 13.2. The molecule has 0 unspecified atom stereocenters. The number of hydrogen-bond donors (Lipinski definition) is 0. The third-order valence-electron chi connectivity index (χ3n) is 7.52. The Labute approximate surface area is 279 Å². The summed E-state index contributed by atoms with van der Waals surface area (Å²) in [7, 11) is 1.60. The second kappa shape index (κ2) is 14.4. The van der Waals surface area contributed by atoms with Crippen molar-refractivity contribution in [3.05, 3.63) is 141 Å². The molecule has 0 bridgehead atoms. The summed E-state index contributed by atoms with van der Waals surface area (Å²) >= 11 is 0. The minimum Gasteiger partial charge on any atom is -0.275 e. The van der Waals surface area contributed by atoms with Gasteiger partial charge in [0, 0.05) is 4.73 Å². The van der Waals surface area contributed by atoms with Crippen LogP contribution in [0.4, 0.5) is 87.8 Å². The molecule has 53 heavy (non-hydrogen) atoms. The second-order valence-electron chi connectivity index (χ2n) is 10.1. The summed E-state index contributed by atoms with van der Waals surface area (Å²) in [5, 5.41) is 0. The van der Waals surface area contributed by atoms with Gasteiger partial charge in [-0.15, -0.1) is 21.9 Å². The molecule has 1 aromatic heterocycles. The zero-order valence-corrected chi connectivity index (χ0v) is 24.7. The Morgan fingerprint density at radius 1 is 0.340 bits per heavy atom. The van der Waals surface area contributed by atoms with Crippen molar-refractivity contribution in [1.82, 2.24) is 4.98 Å². The molecule has 0 amide bonds. The van der Waals surface area contributed by atoms with E-state index in [-0.39, 0.29) is 0 Å². The Morgan fingerprint density at radius 2 is 0.509 bits per heavy atom. The Morgan fingerprint density at radius 3 is 0.660 bits per heavy atom. The molecule has 0 radical (unpaired) electrons. The Bertz CT molecular complexity index is 1910. The van der Waals surface area contributed by atoms with Crippen LogP contribution in [-0.2, 0) is 0 Å². The maximum absolute atomic E-state index is 15.4. The SMILES string of the molecule is CO[n+]1ccncc1.Fc1c(F)c(F)c([B-](c2c(F)c(F)c(F)c(F)c2F)(c2c(F)c(F)c(F)c(F)c2F)c2c(F)c(F)c(F)c(F)c2F)c(F)c1F. The summed E-state index contributed by atoms with van der Waals surface area (Å²) in [6, 6.07) is 0. The third kappa shape index (κ3) is 5.92. The lowest BCUT2D eigenvalue weighted by atomic mass is 9.12. The summed E-state index contributed by atoms with van der Waals surface area (Å²) in [5.41, 5.74) is -14.3. The first kappa shape index (κ1) is 40.2. The van der Waals surface area contributed by atoms with E-state index in [4.69, 9.17) is 4.84 Å². The van der Waals surface area contributed by atoms with E-state index in [1.165, 1.54) is 0 Å². The van der Waals surface area contributed by atoms with Crippen LogP contribution >= 0.6 is 0 Å². The van der Waals surface area contributed by atoms with Crippen molar-refractivity contribution in [1.29, 1.82) is 0 Å². The van der Waals surface area contributed by atoms with E-state index in [0.29, 0.717) is 0 Å². The van der Waals surface area contributed by atoms with E-state index in [9.17, 15) is 52.7 Å². The smallest absolute Gasteiger partial charge is 0.240 e. The van der Waals surface area contributed by atoms with Gasteiger partial charge in [0.25, 0.3) is 0 Å². The van der Waals surface area contributed by atoms with Gasteiger partial charge in [-0.05, 0) is 0 Å². The average molecular weight is 790 g/mol. The van der Waals surface area contributed by atoms with Crippen LogP contribution in [0.1, 0.15) is 0 Å². The summed E-state index contributed by atoms with van der Waals surface area (Å²) < 4.78 is 296. The minimum absolute atomic E-state index is 1.56. The first-order chi connectivity index (χ1) is 24.6. The number of benzene rings is 4. The normalized spacial score (nSPS) is 11.5. The van der Waals surface area contributed by atoms with E-state index in [0.717, 1.165) is 0 Å². The van der Waals surface area contributed by atoms with Crippen molar-refractivity contribution in [3.8, 4) is 0 Å². The van der Waals surface area contributed by atoms with Gasteiger partial charge in [0.1, 0.15) is 59.8 Å². The highest BCUT2D eigenvalue weighted by Gasteiger charge is 2.52. The predicted molar refractivity (Wildman–Crippen MR) is 136 cm³/mol. The second-order valence-corrected chi connectivity index (χ2v) is 10.1. The minimum atomic E-state index is -7.22. The van der Waals surface area contributed by atoms with Crippen LogP contribution < -0.4 is 31.4 Å². The molecular weight excluding hydrogens is 783 g/mol. The molecule has 0 N–H and O–H groups in total. The molecule has 5 rings (SSSR count). The van der Waals surface area contributed by atoms with Gasteiger partial charge in [0.05, 0.1) is 12.4 Å². The van der Waals surface area contributed by atoms with Gasteiger partial charge in [0.15, 0.2) is 69.8 Å². The number of hydrogen-bond acceptors (Lipinski definition) is 2. The Balaban J connectivity index is 0.000000692. The Hall–Kier alpha value is -5.58. The van der Waals surface area contributed by atoms with Crippen molar-refractivity contribution in [3.63, 3.8) is 0 Å². The molecule has 0 atom stereocenters. The lowest BCUT2D eigenvalue weighted by Crippen LogP contribution is -2.81. The molecule has 5 aromatic rings. The molecule has 0 saturated carbocycles. The summed E-state index contributed by atoms with van der Waals surface area (Å²) in [4.78, 5) is 8.58. The maximum atomic E-state index is 15.4. The van der Waals surface area contributed by atoms with Crippen LogP contribution in [0, 0.1) is 116 Å². The number of rotatable bonds is 5. The van der Waals surface area contributed by atoms with Gasteiger partial charge in [-0.1, -0.05) is 0 Å². The molecule has 0 spiro atoms. The highest BCUT2D eigenvalue weighted by atomic mass is 19.2. The van der Waals surface area contributed by atoms with Gasteiger partial charge < -0.3 is 0 Å². The molecular formula is C29H7BF20N2O. The zero-order chi connectivity index (χ0) is 40.2. The fraction of sp³-hybridized carbons (Fsp3) is 0.0345. The standard InChI is InChI=1S/C24BF20.C5H7N2O/c26-5-1(6(27)14(35)21(42)13(5)34)25(2-7(28)15(36)22(43)16(37)8(2)29,3-9(30)17(38)23(44)18(39)10(3)31)4-11(32)19(40)24(45)20(41)12(4)33;1-8-7-4-2-6-3-5-7/h;2-5H,1H3/q-1;+1. The number of halogens is 20. The van der Waals surface area contributed by atoms with E-state index >= 15 is 35.1 Å². The highest BCUT2D eigenvalue weighted by Crippen LogP contribution is 2.30. The lowest BCUT2D eigenvalue weighted by Gasteiger charge is -2.44. The van der Waals surface area contributed by atoms with Crippen molar-refractivity contribution in [2.45, 2.75) is 0 Å². The largest absolute Gasteiger partial charge is 0.275 e. The maximum Gasteiger partial charge on any atom is 0.240 e. The first-order valence-corrected chi connectivity index (χ1v) is 13.2. The van der Waals surface area contributed by atoms with Crippen LogP contribution in [0.15, 0.2) is 24.8 Å². The summed E-state index contributed by atoms with van der Waals surface area (Å²) in [6.45, 7) is 0. The van der Waals surface area contributed by atoms with Crippen LogP contribution in [0.3, 0.4) is 0 Å². The molecule has 0 fully saturated rings. The van der Waals surface area contributed by atoms with Crippen LogP contribution in [0.5, 0.6) is 0 Å². The molecule has 0 aliphatic heterocycles. The van der Waals surface area contributed by atoms with Crippen molar-refractivity contribution in [2.24, 2.45) is 0 Å². The molecule has 0 aliphatic rings. The zero-order valence-electron chi connectivity index (χ0n) is 24.7. The molecule has 24 heteroatoms. The molecule has 1 heterocycles. The molecule has 282 valence electrons. The van der Waals surface area contributed by atoms with Crippen molar-refractivity contribution in [2.75, 3.05) is 7.11 Å². The van der Waals surface area contributed by atoms with Gasteiger partial charge in [0.2, 0.25) is 12.4 Å². The quantitative estimate of drug-likeness (QED) is 0.0799. The van der Waals surface area contributed by atoms with E-state index in [1.54, 1.807) is 36.6 Å². The van der Waals surface area contributed by atoms with E-state index in [1.807, 2.05) is 0 Å².